The number of aliphatic hydroxyl groups excluding tert-OH is 3. The molecular formula is C5H17Cl4NO3. The molecule has 0 aliphatic carbocycles. The van der Waals surface area contributed by atoms with Gasteiger partial charge in [0.15, 0.2) is 0 Å². The molecule has 0 heterocycles. The second-order valence-corrected chi connectivity index (χ2v) is 2.18. The summed E-state index contributed by atoms with van der Waals surface area (Å²) < 4.78 is 0. The van der Waals surface area contributed by atoms with E-state index in [-0.39, 0.29) is 76.0 Å². The van der Waals surface area contributed by atoms with E-state index >= 15 is 0 Å². The second-order valence-electron chi connectivity index (χ2n) is 2.18. The van der Waals surface area contributed by atoms with Gasteiger partial charge >= 0.3 is 0 Å². The van der Waals surface area contributed by atoms with E-state index in [1.165, 1.54) is 0 Å². The smallest absolute Gasteiger partial charge is 0.0543 e. The second kappa shape index (κ2) is 15.5. The van der Waals surface area contributed by atoms with Crippen molar-refractivity contribution in [2.75, 3.05) is 26.4 Å². The average Bonchev–Trinajstić information content (AvgIpc) is 1.95. The summed E-state index contributed by atoms with van der Waals surface area (Å²) in [6, 6.07) is 0. The molecule has 0 aromatic carbocycles. The fourth-order valence-electron chi connectivity index (χ4n) is 0.344. The van der Waals surface area contributed by atoms with Crippen LogP contribution in [-0.2, 0) is 0 Å². The van der Waals surface area contributed by atoms with E-state index in [2.05, 4.69) is 0 Å². The van der Waals surface area contributed by atoms with Crippen molar-refractivity contribution in [2.45, 2.75) is 0 Å². The highest BCUT2D eigenvalue weighted by Gasteiger charge is 2.25. The van der Waals surface area contributed by atoms with Gasteiger partial charge in [-0.15, -0.1) is 49.6 Å². The molecule has 0 aromatic heterocycles. The highest BCUT2D eigenvalue weighted by molar-refractivity contribution is 5.86. The zero-order chi connectivity index (χ0) is 7.33. The molecule has 0 saturated heterocycles. The summed E-state index contributed by atoms with van der Waals surface area (Å²) in [5.74, 6) is 0. The third kappa shape index (κ3) is 9.31. The van der Waals surface area contributed by atoms with Crippen molar-refractivity contribution >= 4 is 49.6 Å². The molecular weight excluding hydrogens is 264 g/mol. The molecule has 13 heavy (non-hydrogen) atoms. The monoisotopic (exact) mass is 279 g/mol. The Morgan fingerprint density at radius 1 is 0.769 bits per heavy atom. The van der Waals surface area contributed by atoms with Gasteiger partial charge in [-0.1, -0.05) is 0 Å². The topological polar surface area (TPSA) is 86.7 Å². The highest BCUT2D eigenvalue weighted by Crippen LogP contribution is 2.10. The van der Waals surface area contributed by atoms with Crippen LogP contribution in [0.2, 0.25) is 0 Å². The molecule has 0 radical (unpaired) electrons. The first kappa shape index (κ1) is 29.2. The lowest BCUT2D eigenvalue weighted by Crippen LogP contribution is -2.41. The van der Waals surface area contributed by atoms with Crippen molar-refractivity contribution in [1.29, 1.82) is 0 Å². The quantitative estimate of drug-likeness (QED) is 0.564. The van der Waals surface area contributed by atoms with Crippen LogP contribution < -0.4 is 5.73 Å². The van der Waals surface area contributed by atoms with Gasteiger partial charge in [0.1, 0.15) is 0 Å². The molecule has 0 atom stereocenters. The summed E-state index contributed by atoms with van der Waals surface area (Å²) in [5.41, 5.74) is 4.27. The van der Waals surface area contributed by atoms with E-state index in [1.807, 2.05) is 0 Å². The molecule has 0 aliphatic heterocycles. The van der Waals surface area contributed by atoms with E-state index in [0.717, 1.165) is 0 Å². The molecule has 5 N–H and O–H groups in total. The van der Waals surface area contributed by atoms with Crippen LogP contribution in [0.15, 0.2) is 0 Å². The van der Waals surface area contributed by atoms with Crippen LogP contribution >= 0.6 is 49.6 Å². The lowest BCUT2D eigenvalue weighted by Gasteiger charge is -2.24. The Labute approximate surface area is 103 Å². The van der Waals surface area contributed by atoms with E-state index in [9.17, 15) is 0 Å². The van der Waals surface area contributed by atoms with Gasteiger partial charge in [-0.2, -0.15) is 0 Å². The predicted molar refractivity (Wildman–Crippen MR) is 61.7 cm³/mol. The summed E-state index contributed by atoms with van der Waals surface area (Å²) in [5, 5.41) is 25.7. The Hall–Kier alpha value is 1.000. The summed E-state index contributed by atoms with van der Waals surface area (Å²) in [4.78, 5) is 0. The van der Waals surface area contributed by atoms with E-state index < -0.39 is 5.41 Å². The van der Waals surface area contributed by atoms with E-state index in [0.29, 0.717) is 0 Å². The van der Waals surface area contributed by atoms with Crippen molar-refractivity contribution in [2.24, 2.45) is 11.1 Å². The van der Waals surface area contributed by atoms with Gasteiger partial charge < -0.3 is 21.1 Å². The van der Waals surface area contributed by atoms with Crippen molar-refractivity contribution in [3.05, 3.63) is 0 Å². The number of rotatable bonds is 4. The normalized spacial score (nSPS) is 8.31. The SMILES string of the molecule is Cl.Cl.Cl.Cl.NCC(CO)(CO)CO. The highest BCUT2D eigenvalue weighted by atomic mass is 35.5. The van der Waals surface area contributed by atoms with Crippen LogP contribution in [-0.4, -0.2) is 41.7 Å². The van der Waals surface area contributed by atoms with Crippen LogP contribution in [0, 0.1) is 5.41 Å². The maximum absolute atomic E-state index is 8.58. The first-order valence-corrected chi connectivity index (χ1v) is 2.77. The van der Waals surface area contributed by atoms with Gasteiger partial charge in [0.2, 0.25) is 0 Å². The van der Waals surface area contributed by atoms with Crippen molar-refractivity contribution in [3.8, 4) is 0 Å². The minimum atomic E-state index is -0.889. The summed E-state index contributed by atoms with van der Waals surface area (Å²) in [6.07, 6.45) is 0. The zero-order valence-corrected chi connectivity index (χ0v) is 10.1. The molecule has 4 nitrogen and oxygen atoms in total. The van der Waals surface area contributed by atoms with Crippen LogP contribution in [0.1, 0.15) is 0 Å². The maximum Gasteiger partial charge on any atom is 0.0543 e. The molecule has 0 aromatic rings. The summed E-state index contributed by atoms with van der Waals surface area (Å²) in [6.45, 7) is -0.750. The molecule has 0 rings (SSSR count). The van der Waals surface area contributed by atoms with Crippen molar-refractivity contribution < 1.29 is 15.3 Å². The van der Waals surface area contributed by atoms with E-state index in [1.54, 1.807) is 0 Å². The molecule has 0 bridgehead atoms. The van der Waals surface area contributed by atoms with Gasteiger partial charge in [0.25, 0.3) is 0 Å². The Morgan fingerprint density at radius 3 is 1.00 bits per heavy atom. The third-order valence-electron chi connectivity index (χ3n) is 1.44. The minimum absolute atomic E-state index is 0. The standard InChI is InChI=1S/C5H13NO3.4ClH/c6-1-5(2-7,3-8)4-9;;;;/h7-9H,1-4,6H2;4*1H. The number of hydrogen-bond donors (Lipinski definition) is 4. The summed E-state index contributed by atoms with van der Waals surface area (Å²) >= 11 is 0. The van der Waals surface area contributed by atoms with Crippen molar-refractivity contribution in [3.63, 3.8) is 0 Å². The van der Waals surface area contributed by atoms with Gasteiger partial charge in [0.05, 0.1) is 25.2 Å². The zero-order valence-electron chi connectivity index (χ0n) is 6.88. The Morgan fingerprint density at radius 2 is 1.00 bits per heavy atom. The van der Waals surface area contributed by atoms with Crippen LogP contribution in [0.25, 0.3) is 0 Å². The van der Waals surface area contributed by atoms with Crippen molar-refractivity contribution in [1.82, 2.24) is 0 Å². The molecule has 0 spiro atoms. The summed E-state index contributed by atoms with van der Waals surface area (Å²) in [7, 11) is 0. The van der Waals surface area contributed by atoms with Gasteiger partial charge in [-0.05, 0) is 0 Å². The first-order valence-electron chi connectivity index (χ1n) is 2.77. The molecule has 0 aliphatic rings. The minimum Gasteiger partial charge on any atom is -0.396 e. The maximum atomic E-state index is 8.58. The molecule has 0 amide bonds. The van der Waals surface area contributed by atoms with Gasteiger partial charge in [-0.25, -0.2) is 0 Å². The molecule has 0 fully saturated rings. The molecule has 0 unspecified atom stereocenters. The van der Waals surface area contributed by atoms with Gasteiger partial charge in [-0.3, -0.25) is 0 Å². The fraction of sp³-hybridized carbons (Fsp3) is 1.00. The number of hydrogen-bond acceptors (Lipinski definition) is 4. The number of nitrogens with two attached hydrogens (primary N) is 1. The van der Waals surface area contributed by atoms with Crippen LogP contribution in [0.4, 0.5) is 0 Å². The number of halogens is 4. The molecule has 8 heteroatoms. The lowest BCUT2D eigenvalue weighted by atomic mass is 9.92. The Balaban J connectivity index is -0.0000000533. The van der Waals surface area contributed by atoms with E-state index in [4.69, 9.17) is 21.1 Å². The molecule has 0 saturated carbocycles. The van der Waals surface area contributed by atoms with Crippen LogP contribution in [0.3, 0.4) is 0 Å². The Kier molecular flexibility index (Phi) is 34.8. The number of aliphatic hydroxyl groups is 3. The first-order chi connectivity index (χ1) is 4.24. The third-order valence-corrected chi connectivity index (χ3v) is 1.44. The average molecular weight is 281 g/mol. The predicted octanol–water partition coefficient (Wildman–Crippen LogP) is -0.404. The lowest BCUT2D eigenvalue weighted by molar-refractivity contribution is 0.0126. The molecule has 88 valence electrons. The fourth-order valence-corrected chi connectivity index (χ4v) is 0.344. The Bertz CT molecular complexity index is 66.7. The van der Waals surface area contributed by atoms with Gasteiger partial charge in [0, 0.05) is 6.54 Å². The largest absolute Gasteiger partial charge is 0.396 e. The van der Waals surface area contributed by atoms with Crippen LogP contribution in [0.5, 0.6) is 0 Å².